The molecule has 0 amide bonds. The fourth-order valence-electron chi connectivity index (χ4n) is 10.5. The van der Waals surface area contributed by atoms with Gasteiger partial charge in [-0.3, -0.25) is 0 Å². The van der Waals surface area contributed by atoms with Crippen LogP contribution in [0.4, 0.5) is 34.1 Å². The Kier molecular flexibility index (Phi) is 8.77. The van der Waals surface area contributed by atoms with E-state index >= 15 is 0 Å². The van der Waals surface area contributed by atoms with Crippen molar-refractivity contribution in [3.05, 3.63) is 217 Å². The molecule has 0 aromatic heterocycles. The van der Waals surface area contributed by atoms with E-state index in [-0.39, 0.29) is 0 Å². The summed E-state index contributed by atoms with van der Waals surface area (Å²) < 4.78 is 0. The number of nitrogens with zero attached hydrogens (tertiary/aromatic N) is 2. The van der Waals surface area contributed by atoms with E-state index in [1.165, 1.54) is 59.1 Å². The number of rotatable bonds is 9. The zero-order valence-electron chi connectivity index (χ0n) is 32.7. The first-order valence-corrected chi connectivity index (χ1v) is 21.0. The van der Waals surface area contributed by atoms with E-state index in [1.54, 1.807) is 11.1 Å². The van der Waals surface area contributed by atoms with Gasteiger partial charge in [0.25, 0.3) is 0 Å². The normalized spacial score (nSPS) is 18.8. The molecule has 2 fully saturated rings. The van der Waals surface area contributed by atoms with Crippen LogP contribution in [0.2, 0.25) is 0 Å². The van der Waals surface area contributed by atoms with Crippen molar-refractivity contribution < 1.29 is 0 Å². The van der Waals surface area contributed by atoms with Crippen molar-refractivity contribution in [2.45, 2.75) is 37.5 Å². The number of para-hydroxylation sites is 2. The van der Waals surface area contributed by atoms with Crippen LogP contribution in [0.5, 0.6) is 0 Å². The molecular formula is C56H46N2. The lowest BCUT2D eigenvalue weighted by Gasteiger charge is -2.36. The van der Waals surface area contributed by atoms with Crippen molar-refractivity contribution in [2.24, 2.45) is 11.8 Å². The molecule has 2 nitrogen and oxygen atoms in total. The molecule has 0 radical (unpaired) electrons. The lowest BCUT2D eigenvalue weighted by Crippen LogP contribution is -2.22. The zero-order valence-corrected chi connectivity index (χ0v) is 32.7. The fraction of sp³-hybridized carbons (Fsp3) is 0.143. The van der Waals surface area contributed by atoms with Crippen LogP contribution >= 0.6 is 0 Å². The highest BCUT2D eigenvalue weighted by Gasteiger charge is 2.46. The topological polar surface area (TPSA) is 6.48 Å². The van der Waals surface area contributed by atoms with Crippen LogP contribution in [0, 0.1) is 11.8 Å². The van der Waals surface area contributed by atoms with E-state index in [0.717, 1.165) is 57.8 Å². The quantitative estimate of drug-likeness (QED) is 0.145. The summed E-state index contributed by atoms with van der Waals surface area (Å²) in [4.78, 5) is 4.68. The van der Waals surface area contributed by atoms with Crippen molar-refractivity contribution in [1.82, 2.24) is 0 Å². The monoisotopic (exact) mass is 746 g/mol. The van der Waals surface area contributed by atoms with Crippen LogP contribution in [-0.4, -0.2) is 0 Å². The number of anilines is 6. The highest BCUT2D eigenvalue weighted by atomic mass is 15.1. The van der Waals surface area contributed by atoms with Crippen molar-refractivity contribution in [1.29, 1.82) is 0 Å². The van der Waals surface area contributed by atoms with Crippen molar-refractivity contribution in [2.75, 3.05) is 9.80 Å². The Morgan fingerprint density at radius 1 is 0.293 bits per heavy atom. The van der Waals surface area contributed by atoms with Gasteiger partial charge < -0.3 is 9.80 Å². The number of fused-ring (bicyclic) bond motifs is 5. The number of hydrogen-bond donors (Lipinski definition) is 0. The highest BCUT2D eigenvalue weighted by Crippen LogP contribution is 2.60. The van der Waals surface area contributed by atoms with Gasteiger partial charge in [0, 0.05) is 34.1 Å². The summed E-state index contributed by atoms with van der Waals surface area (Å²) in [7, 11) is 0. The van der Waals surface area contributed by atoms with Crippen LogP contribution in [0.3, 0.4) is 0 Å². The molecular weight excluding hydrogens is 701 g/mol. The Hall–Kier alpha value is -6.64. The number of benzene rings is 8. The standard InChI is InChI=1S/C56H46N2/c1-4-10-40(11-5-1)41-16-25-50(26-17-41)57(48-12-6-2-7-13-48)51-27-18-42(19-28-51)43-20-29-52(30-21-43)58(49-14-8-3-9-15-49)53-31-22-44(23-32-53)45-24-33-54-46-34-39-35-47(37-46)55(36-39)56(54)38-45/h1-33,38-39,46-47,55H,34-37H2. The Morgan fingerprint density at radius 3 is 1.14 bits per heavy atom. The van der Waals surface area contributed by atoms with Gasteiger partial charge in [0.1, 0.15) is 0 Å². The summed E-state index contributed by atoms with van der Waals surface area (Å²) in [5, 5.41) is 0. The van der Waals surface area contributed by atoms with Gasteiger partial charge in [-0.15, -0.1) is 0 Å². The van der Waals surface area contributed by atoms with Gasteiger partial charge >= 0.3 is 0 Å². The van der Waals surface area contributed by atoms with E-state index < -0.39 is 0 Å². The van der Waals surface area contributed by atoms with E-state index in [9.17, 15) is 0 Å². The molecule has 4 atom stereocenters. The van der Waals surface area contributed by atoms with E-state index in [4.69, 9.17) is 0 Å². The van der Waals surface area contributed by atoms with Crippen molar-refractivity contribution in [3.8, 4) is 33.4 Å². The molecule has 2 saturated carbocycles. The maximum atomic E-state index is 2.55. The Labute approximate surface area is 342 Å². The smallest absolute Gasteiger partial charge is 0.0462 e. The molecule has 0 N–H and O–H groups in total. The second-order valence-corrected chi connectivity index (χ2v) is 16.6. The van der Waals surface area contributed by atoms with Crippen LogP contribution in [0.15, 0.2) is 206 Å². The Bertz CT molecular complexity index is 2650. The largest absolute Gasteiger partial charge is 0.311 e. The minimum Gasteiger partial charge on any atom is -0.311 e. The van der Waals surface area contributed by atoms with Gasteiger partial charge in [-0.25, -0.2) is 0 Å². The summed E-state index contributed by atoms with van der Waals surface area (Å²) in [6.07, 6.45) is 5.70. The average Bonchev–Trinajstić information content (AvgIpc) is 3.54. The van der Waals surface area contributed by atoms with Crippen LogP contribution in [0.1, 0.15) is 48.6 Å². The third-order valence-electron chi connectivity index (χ3n) is 13.2. The van der Waals surface area contributed by atoms with Crippen molar-refractivity contribution in [3.63, 3.8) is 0 Å². The fourth-order valence-corrected chi connectivity index (χ4v) is 10.5. The minimum atomic E-state index is 0.778. The molecule has 11 rings (SSSR count). The molecule has 3 aliphatic rings. The molecule has 280 valence electrons. The van der Waals surface area contributed by atoms with E-state index in [2.05, 4.69) is 216 Å². The lowest BCUT2D eigenvalue weighted by atomic mass is 9.68. The van der Waals surface area contributed by atoms with Crippen LogP contribution in [0.25, 0.3) is 33.4 Å². The molecule has 0 saturated heterocycles. The minimum absolute atomic E-state index is 0.778. The summed E-state index contributed by atoms with van der Waals surface area (Å²) in [6.45, 7) is 0. The predicted octanol–water partition coefficient (Wildman–Crippen LogP) is 15.6. The van der Waals surface area contributed by atoms with Crippen molar-refractivity contribution >= 4 is 34.1 Å². The van der Waals surface area contributed by atoms with Gasteiger partial charge in [-0.05, 0) is 167 Å². The first-order chi connectivity index (χ1) is 28.7. The summed E-state index contributed by atoms with van der Waals surface area (Å²) >= 11 is 0. The summed E-state index contributed by atoms with van der Waals surface area (Å²) in [5.41, 5.74) is 17.6. The summed E-state index contributed by atoms with van der Waals surface area (Å²) in [5.74, 6) is 3.44. The molecule has 8 aromatic carbocycles. The number of hydrogen-bond acceptors (Lipinski definition) is 2. The molecule has 4 unspecified atom stereocenters. The maximum absolute atomic E-state index is 2.55. The molecule has 8 aromatic rings. The lowest BCUT2D eigenvalue weighted by molar-refractivity contribution is 0.296. The van der Waals surface area contributed by atoms with E-state index in [1.807, 2.05) is 0 Å². The van der Waals surface area contributed by atoms with Gasteiger partial charge in [0.05, 0.1) is 0 Å². The first kappa shape index (κ1) is 34.6. The molecule has 2 heteroatoms. The second kappa shape index (κ2) is 14.7. The Morgan fingerprint density at radius 2 is 0.672 bits per heavy atom. The summed E-state index contributed by atoms with van der Waals surface area (Å²) in [6, 6.07) is 75.3. The maximum Gasteiger partial charge on any atom is 0.0462 e. The van der Waals surface area contributed by atoms with Gasteiger partial charge in [-0.1, -0.05) is 133 Å². The van der Waals surface area contributed by atoms with E-state index in [0.29, 0.717) is 0 Å². The van der Waals surface area contributed by atoms with Crippen LogP contribution in [-0.2, 0) is 0 Å². The third-order valence-corrected chi connectivity index (χ3v) is 13.2. The van der Waals surface area contributed by atoms with Gasteiger partial charge in [0.15, 0.2) is 0 Å². The predicted molar refractivity (Wildman–Crippen MR) is 243 cm³/mol. The van der Waals surface area contributed by atoms with Gasteiger partial charge in [-0.2, -0.15) is 0 Å². The molecule has 0 heterocycles. The third kappa shape index (κ3) is 6.39. The molecule has 0 spiro atoms. The average molecular weight is 747 g/mol. The molecule has 58 heavy (non-hydrogen) atoms. The first-order valence-electron chi connectivity index (χ1n) is 21.0. The van der Waals surface area contributed by atoms with Crippen LogP contribution < -0.4 is 9.80 Å². The zero-order chi connectivity index (χ0) is 38.4. The van der Waals surface area contributed by atoms with Gasteiger partial charge in [0.2, 0.25) is 0 Å². The SMILES string of the molecule is c1ccc(-c2ccc(N(c3ccccc3)c3ccc(-c4ccc(N(c5ccccc5)c5ccc(-c6ccc7c(c6)C6CC8CC7CC6C8)cc5)cc4)cc3)cc2)cc1. The Balaban J connectivity index is 0.863. The second-order valence-electron chi connectivity index (χ2n) is 16.6. The molecule has 0 aliphatic heterocycles. The molecule has 3 bridgehead atoms. The highest BCUT2D eigenvalue weighted by molar-refractivity contribution is 5.82. The molecule has 3 aliphatic carbocycles.